The van der Waals surface area contributed by atoms with Crippen LogP contribution in [0, 0.1) is 5.41 Å². The van der Waals surface area contributed by atoms with E-state index in [-0.39, 0.29) is 17.6 Å². The fourth-order valence-electron chi connectivity index (χ4n) is 1.02. The second kappa shape index (κ2) is 5.69. The third-order valence-electron chi connectivity index (χ3n) is 2.75. The number of ether oxygens (including phenoxy) is 1. The fraction of sp³-hybridized carbons (Fsp3) is 1.00. The van der Waals surface area contributed by atoms with Gasteiger partial charge in [-0.2, -0.15) is 0 Å². The van der Waals surface area contributed by atoms with Crippen molar-refractivity contribution in [1.29, 1.82) is 0 Å². The predicted octanol–water partition coefficient (Wildman–Crippen LogP) is 1.54. The molecule has 1 unspecified atom stereocenters. The van der Waals surface area contributed by atoms with Gasteiger partial charge in [-0.3, -0.25) is 0 Å². The molecule has 0 radical (unpaired) electrons. The van der Waals surface area contributed by atoms with E-state index in [1.807, 2.05) is 6.92 Å². The summed E-state index contributed by atoms with van der Waals surface area (Å²) >= 11 is 0. The molecular weight excluding hydrogens is 178 g/mol. The Morgan fingerprint density at radius 1 is 1.29 bits per heavy atom. The van der Waals surface area contributed by atoms with Gasteiger partial charge >= 0.3 is 0 Å². The Bertz CT molecular complexity index is 159. The molecule has 0 spiro atoms. The first-order valence-electron chi connectivity index (χ1n) is 5.34. The topological polar surface area (TPSA) is 55.5 Å². The third kappa shape index (κ3) is 4.94. The van der Waals surface area contributed by atoms with E-state index in [0.29, 0.717) is 19.6 Å². The smallest absolute Gasteiger partial charge is 0.0674 e. The lowest BCUT2D eigenvalue weighted by Gasteiger charge is -2.33. The highest BCUT2D eigenvalue weighted by atomic mass is 16.5. The lowest BCUT2D eigenvalue weighted by atomic mass is 9.93. The summed E-state index contributed by atoms with van der Waals surface area (Å²) in [6, 6.07) is 0. The summed E-state index contributed by atoms with van der Waals surface area (Å²) in [6.07, 6.45) is 1.60. The Hall–Kier alpha value is -0.120. The third-order valence-corrected chi connectivity index (χ3v) is 2.75. The van der Waals surface area contributed by atoms with E-state index in [9.17, 15) is 0 Å². The minimum absolute atomic E-state index is 0.0197. The number of rotatable bonds is 7. The molecule has 0 rings (SSSR count). The first-order chi connectivity index (χ1) is 6.39. The Kier molecular flexibility index (Phi) is 5.64. The second-order valence-electron chi connectivity index (χ2n) is 4.93. The van der Waals surface area contributed by atoms with Crippen molar-refractivity contribution in [1.82, 2.24) is 0 Å². The molecule has 3 nitrogen and oxygen atoms in total. The van der Waals surface area contributed by atoms with Crippen LogP contribution in [0.5, 0.6) is 0 Å². The van der Waals surface area contributed by atoms with Crippen LogP contribution in [0.25, 0.3) is 0 Å². The van der Waals surface area contributed by atoms with Gasteiger partial charge in [0, 0.05) is 12.0 Å². The minimum atomic E-state index is -0.207. The lowest BCUT2D eigenvalue weighted by Crippen LogP contribution is -2.36. The van der Waals surface area contributed by atoms with E-state index in [0.717, 1.165) is 6.42 Å². The van der Waals surface area contributed by atoms with Gasteiger partial charge in [0.2, 0.25) is 0 Å². The summed E-state index contributed by atoms with van der Waals surface area (Å²) in [7, 11) is 0. The van der Waals surface area contributed by atoms with E-state index < -0.39 is 0 Å². The molecule has 0 aromatic heterocycles. The van der Waals surface area contributed by atoms with Gasteiger partial charge in [-0.1, -0.05) is 20.8 Å². The van der Waals surface area contributed by atoms with Crippen LogP contribution < -0.4 is 5.73 Å². The highest BCUT2D eigenvalue weighted by Gasteiger charge is 2.26. The van der Waals surface area contributed by atoms with Gasteiger partial charge in [-0.15, -0.1) is 0 Å². The van der Waals surface area contributed by atoms with Crippen molar-refractivity contribution in [3.8, 4) is 0 Å². The molecular formula is C11H25NO2. The van der Waals surface area contributed by atoms with E-state index in [1.54, 1.807) is 0 Å². The van der Waals surface area contributed by atoms with Crippen LogP contribution in [0.2, 0.25) is 0 Å². The average Bonchev–Trinajstić information content (AvgIpc) is 2.16. The number of nitrogens with two attached hydrogens (primary N) is 1. The number of aliphatic hydroxyl groups excluding tert-OH is 1. The Labute approximate surface area is 87.6 Å². The summed E-state index contributed by atoms with van der Waals surface area (Å²) in [5.41, 5.74) is 5.43. The summed E-state index contributed by atoms with van der Waals surface area (Å²) < 4.78 is 5.83. The van der Waals surface area contributed by atoms with E-state index in [4.69, 9.17) is 15.6 Å². The number of aliphatic hydroxyl groups is 1. The van der Waals surface area contributed by atoms with Crippen LogP contribution in [0.4, 0.5) is 0 Å². The monoisotopic (exact) mass is 203 g/mol. The zero-order valence-corrected chi connectivity index (χ0v) is 9.97. The van der Waals surface area contributed by atoms with Crippen molar-refractivity contribution in [3.63, 3.8) is 0 Å². The normalized spacial score (nSPS) is 16.7. The maximum Gasteiger partial charge on any atom is 0.0674 e. The van der Waals surface area contributed by atoms with Crippen molar-refractivity contribution in [2.24, 2.45) is 11.1 Å². The van der Waals surface area contributed by atoms with Crippen LogP contribution in [0.3, 0.4) is 0 Å². The minimum Gasteiger partial charge on any atom is -0.396 e. The molecule has 86 valence electrons. The summed E-state index contributed by atoms with van der Waals surface area (Å²) in [4.78, 5) is 0. The lowest BCUT2D eigenvalue weighted by molar-refractivity contribution is -0.0775. The molecule has 3 heteroatoms. The Morgan fingerprint density at radius 3 is 2.21 bits per heavy atom. The van der Waals surface area contributed by atoms with Crippen LogP contribution in [-0.2, 0) is 4.74 Å². The summed E-state index contributed by atoms with van der Waals surface area (Å²) in [6.45, 7) is 9.72. The highest BCUT2D eigenvalue weighted by Crippen LogP contribution is 2.23. The predicted molar refractivity (Wildman–Crippen MR) is 59.2 cm³/mol. The second-order valence-corrected chi connectivity index (χ2v) is 4.93. The van der Waals surface area contributed by atoms with Crippen molar-refractivity contribution in [3.05, 3.63) is 0 Å². The molecule has 0 saturated carbocycles. The van der Waals surface area contributed by atoms with E-state index in [2.05, 4.69) is 20.8 Å². The van der Waals surface area contributed by atoms with Crippen molar-refractivity contribution >= 4 is 0 Å². The molecule has 14 heavy (non-hydrogen) atoms. The van der Waals surface area contributed by atoms with Crippen LogP contribution in [-0.4, -0.2) is 30.5 Å². The van der Waals surface area contributed by atoms with Gasteiger partial charge < -0.3 is 15.6 Å². The molecule has 0 saturated heterocycles. The summed E-state index contributed by atoms with van der Waals surface area (Å²) in [5.74, 6) is 0. The SMILES string of the molecule is CCC(C)(CCO)OCC(C)(C)CN. The zero-order chi connectivity index (χ0) is 11.2. The first kappa shape index (κ1) is 13.9. The molecule has 0 fully saturated rings. The van der Waals surface area contributed by atoms with Crippen LogP contribution >= 0.6 is 0 Å². The molecule has 0 amide bonds. The molecule has 0 aromatic carbocycles. The van der Waals surface area contributed by atoms with Gasteiger partial charge in [0.1, 0.15) is 0 Å². The van der Waals surface area contributed by atoms with Crippen molar-refractivity contribution < 1.29 is 9.84 Å². The maximum absolute atomic E-state index is 8.91. The molecule has 0 bridgehead atoms. The summed E-state index contributed by atoms with van der Waals surface area (Å²) in [5, 5.41) is 8.91. The first-order valence-corrected chi connectivity index (χ1v) is 5.34. The molecule has 0 aliphatic heterocycles. The van der Waals surface area contributed by atoms with Crippen LogP contribution in [0.15, 0.2) is 0 Å². The number of hydrogen-bond donors (Lipinski definition) is 2. The Morgan fingerprint density at radius 2 is 1.86 bits per heavy atom. The van der Waals surface area contributed by atoms with Crippen molar-refractivity contribution in [2.45, 2.75) is 46.1 Å². The molecule has 0 aliphatic carbocycles. The molecule has 0 aromatic rings. The van der Waals surface area contributed by atoms with Gasteiger partial charge in [0.05, 0.1) is 12.2 Å². The van der Waals surface area contributed by atoms with E-state index >= 15 is 0 Å². The molecule has 0 aliphatic rings. The molecule has 3 N–H and O–H groups in total. The Balaban J connectivity index is 4.06. The average molecular weight is 203 g/mol. The molecule has 1 atom stereocenters. The van der Waals surface area contributed by atoms with Gasteiger partial charge in [-0.25, -0.2) is 0 Å². The van der Waals surface area contributed by atoms with Crippen LogP contribution in [0.1, 0.15) is 40.5 Å². The zero-order valence-electron chi connectivity index (χ0n) is 9.97. The number of hydrogen-bond acceptors (Lipinski definition) is 3. The highest BCUT2D eigenvalue weighted by molar-refractivity contribution is 4.76. The fourth-order valence-corrected chi connectivity index (χ4v) is 1.02. The van der Waals surface area contributed by atoms with Gasteiger partial charge in [-0.05, 0) is 26.3 Å². The maximum atomic E-state index is 8.91. The van der Waals surface area contributed by atoms with Gasteiger partial charge in [0.25, 0.3) is 0 Å². The standard InChI is InChI=1S/C11H25NO2/c1-5-11(4,6-7-13)14-9-10(2,3)8-12/h13H,5-9,12H2,1-4H3. The molecule has 0 heterocycles. The van der Waals surface area contributed by atoms with Gasteiger partial charge in [0.15, 0.2) is 0 Å². The quantitative estimate of drug-likeness (QED) is 0.660. The van der Waals surface area contributed by atoms with E-state index in [1.165, 1.54) is 0 Å². The van der Waals surface area contributed by atoms with Crippen molar-refractivity contribution in [2.75, 3.05) is 19.8 Å². The largest absolute Gasteiger partial charge is 0.396 e.